The predicted molar refractivity (Wildman–Crippen MR) is 44.7 cm³/mol. The van der Waals surface area contributed by atoms with Gasteiger partial charge in [-0.1, -0.05) is 13.3 Å². The van der Waals surface area contributed by atoms with Gasteiger partial charge in [-0.3, -0.25) is 0 Å². The van der Waals surface area contributed by atoms with Crippen LogP contribution in [-0.4, -0.2) is 25.9 Å². The summed E-state index contributed by atoms with van der Waals surface area (Å²) in [6, 6.07) is 0. The van der Waals surface area contributed by atoms with Crippen LogP contribution in [0.2, 0.25) is 0 Å². The first-order valence-electron chi connectivity index (χ1n) is 4.63. The van der Waals surface area contributed by atoms with Gasteiger partial charge in [0, 0.05) is 19.8 Å². The molecule has 0 radical (unpaired) electrons. The molecule has 0 spiro atoms. The predicted octanol–water partition coefficient (Wildman–Crippen LogP) is 1.98. The molecule has 0 unspecified atom stereocenters. The minimum absolute atomic E-state index is 0.482. The molecule has 1 fully saturated rings. The van der Waals surface area contributed by atoms with Crippen molar-refractivity contribution in [1.82, 2.24) is 0 Å². The number of unbranched alkanes of at least 4 members (excludes halogenated alkanes) is 1. The Hall–Kier alpha value is -0.0800. The van der Waals surface area contributed by atoms with E-state index in [0.717, 1.165) is 32.7 Å². The first-order valence-corrected chi connectivity index (χ1v) is 4.63. The molecule has 2 heteroatoms. The van der Waals surface area contributed by atoms with E-state index < -0.39 is 0 Å². The van der Waals surface area contributed by atoms with Crippen LogP contribution < -0.4 is 0 Å². The van der Waals surface area contributed by atoms with Crippen LogP contribution in [0.25, 0.3) is 0 Å². The molecule has 0 saturated carbocycles. The second-order valence-electron chi connectivity index (χ2n) is 3.04. The van der Waals surface area contributed by atoms with E-state index in [-0.39, 0.29) is 0 Å². The minimum Gasteiger partial charge on any atom is -0.381 e. The standard InChI is InChI=1S/C9H18O2/c1-2-3-6-11-9-4-7-10-8-5-9/h9H,2-8H2,1H3. The van der Waals surface area contributed by atoms with E-state index in [0.29, 0.717) is 6.10 Å². The highest BCUT2D eigenvalue weighted by Gasteiger charge is 2.12. The first-order chi connectivity index (χ1) is 5.43. The van der Waals surface area contributed by atoms with E-state index in [2.05, 4.69) is 6.92 Å². The second kappa shape index (κ2) is 5.56. The summed E-state index contributed by atoms with van der Waals surface area (Å²) >= 11 is 0. The van der Waals surface area contributed by atoms with Crippen molar-refractivity contribution in [2.45, 2.75) is 38.7 Å². The van der Waals surface area contributed by atoms with Crippen LogP contribution in [0.15, 0.2) is 0 Å². The second-order valence-corrected chi connectivity index (χ2v) is 3.04. The Bertz CT molecular complexity index is 87.6. The van der Waals surface area contributed by atoms with E-state index in [9.17, 15) is 0 Å². The van der Waals surface area contributed by atoms with Gasteiger partial charge in [-0.15, -0.1) is 0 Å². The van der Waals surface area contributed by atoms with Crippen molar-refractivity contribution in [3.8, 4) is 0 Å². The fraction of sp³-hybridized carbons (Fsp3) is 1.00. The quantitative estimate of drug-likeness (QED) is 0.582. The lowest BCUT2D eigenvalue weighted by Gasteiger charge is -2.22. The molecule has 11 heavy (non-hydrogen) atoms. The van der Waals surface area contributed by atoms with Gasteiger partial charge in [0.15, 0.2) is 0 Å². The van der Waals surface area contributed by atoms with Crippen molar-refractivity contribution < 1.29 is 9.47 Å². The number of rotatable bonds is 4. The van der Waals surface area contributed by atoms with Crippen LogP contribution >= 0.6 is 0 Å². The molecule has 1 saturated heterocycles. The lowest BCUT2D eigenvalue weighted by atomic mass is 10.1. The Morgan fingerprint density at radius 3 is 2.73 bits per heavy atom. The molecule has 2 nitrogen and oxygen atoms in total. The van der Waals surface area contributed by atoms with E-state index >= 15 is 0 Å². The first kappa shape index (κ1) is 9.01. The Morgan fingerprint density at radius 2 is 2.09 bits per heavy atom. The molecule has 1 rings (SSSR count). The highest BCUT2D eigenvalue weighted by molar-refractivity contribution is 4.61. The maximum Gasteiger partial charge on any atom is 0.0619 e. The molecule has 0 amide bonds. The molecule has 0 bridgehead atoms. The maximum absolute atomic E-state index is 5.64. The lowest BCUT2D eigenvalue weighted by molar-refractivity contribution is -0.0324. The lowest BCUT2D eigenvalue weighted by Crippen LogP contribution is -2.23. The SMILES string of the molecule is CCCCOC1CCOCC1. The Kier molecular flexibility index (Phi) is 4.55. The van der Waals surface area contributed by atoms with Crippen LogP contribution in [0.3, 0.4) is 0 Å². The molecule has 1 aliphatic heterocycles. The van der Waals surface area contributed by atoms with E-state index in [1.165, 1.54) is 12.8 Å². The number of hydrogen-bond donors (Lipinski definition) is 0. The summed E-state index contributed by atoms with van der Waals surface area (Å²) in [5, 5.41) is 0. The van der Waals surface area contributed by atoms with E-state index in [4.69, 9.17) is 9.47 Å². The van der Waals surface area contributed by atoms with Gasteiger partial charge in [0.2, 0.25) is 0 Å². The Balaban J connectivity index is 1.96. The van der Waals surface area contributed by atoms with Crippen LogP contribution in [0, 0.1) is 0 Å². The molecule has 1 aliphatic rings. The smallest absolute Gasteiger partial charge is 0.0619 e. The van der Waals surface area contributed by atoms with E-state index in [1.807, 2.05) is 0 Å². The van der Waals surface area contributed by atoms with Gasteiger partial charge >= 0.3 is 0 Å². The summed E-state index contributed by atoms with van der Waals surface area (Å²) in [6.07, 6.45) is 5.07. The third-order valence-corrected chi connectivity index (χ3v) is 2.02. The third kappa shape index (κ3) is 3.73. The number of hydrogen-bond acceptors (Lipinski definition) is 2. The van der Waals surface area contributed by atoms with Crippen molar-refractivity contribution in [2.75, 3.05) is 19.8 Å². The van der Waals surface area contributed by atoms with Gasteiger partial charge in [-0.2, -0.15) is 0 Å². The van der Waals surface area contributed by atoms with Crippen LogP contribution in [0.4, 0.5) is 0 Å². The molecule has 0 aromatic carbocycles. The van der Waals surface area contributed by atoms with Crippen molar-refractivity contribution in [3.05, 3.63) is 0 Å². The summed E-state index contributed by atoms with van der Waals surface area (Å²) in [5.41, 5.74) is 0. The third-order valence-electron chi connectivity index (χ3n) is 2.02. The van der Waals surface area contributed by atoms with Gasteiger partial charge in [0.25, 0.3) is 0 Å². The summed E-state index contributed by atoms with van der Waals surface area (Å²) in [5.74, 6) is 0. The van der Waals surface area contributed by atoms with Crippen molar-refractivity contribution in [3.63, 3.8) is 0 Å². The van der Waals surface area contributed by atoms with Gasteiger partial charge in [-0.25, -0.2) is 0 Å². The molecule has 66 valence electrons. The summed E-state index contributed by atoms with van der Waals surface area (Å²) < 4.78 is 10.9. The zero-order valence-electron chi connectivity index (χ0n) is 7.34. The topological polar surface area (TPSA) is 18.5 Å². The van der Waals surface area contributed by atoms with E-state index in [1.54, 1.807) is 0 Å². The zero-order valence-corrected chi connectivity index (χ0v) is 7.34. The Labute approximate surface area is 68.9 Å². The summed E-state index contributed by atoms with van der Waals surface area (Å²) in [6.45, 7) is 4.89. The van der Waals surface area contributed by atoms with Crippen molar-refractivity contribution >= 4 is 0 Å². The normalized spacial score (nSPS) is 20.5. The fourth-order valence-corrected chi connectivity index (χ4v) is 1.24. The van der Waals surface area contributed by atoms with Crippen molar-refractivity contribution in [1.29, 1.82) is 0 Å². The fourth-order valence-electron chi connectivity index (χ4n) is 1.24. The maximum atomic E-state index is 5.64. The van der Waals surface area contributed by atoms with Crippen molar-refractivity contribution in [2.24, 2.45) is 0 Å². The molecule has 0 aromatic rings. The van der Waals surface area contributed by atoms with Gasteiger partial charge in [0.05, 0.1) is 6.10 Å². The molecule has 0 aromatic heterocycles. The number of ether oxygens (including phenoxy) is 2. The molecule has 0 atom stereocenters. The monoisotopic (exact) mass is 158 g/mol. The average Bonchev–Trinajstić information content (AvgIpc) is 2.07. The summed E-state index contributed by atoms with van der Waals surface area (Å²) in [4.78, 5) is 0. The molecule has 0 N–H and O–H groups in total. The van der Waals surface area contributed by atoms with Crippen LogP contribution in [0.5, 0.6) is 0 Å². The Morgan fingerprint density at radius 1 is 1.36 bits per heavy atom. The average molecular weight is 158 g/mol. The molecule has 1 heterocycles. The minimum atomic E-state index is 0.482. The largest absolute Gasteiger partial charge is 0.381 e. The van der Waals surface area contributed by atoms with Gasteiger partial charge in [-0.05, 0) is 19.3 Å². The van der Waals surface area contributed by atoms with Crippen LogP contribution in [0.1, 0.15) is 32.6 Å². The highest BCUT2D eigenvalue weighted by Crippen LogP contribution is 2.10. The van der Waals surface area contributed by atoms with Gasteiger partial charge < -0.3 is 9.47 Å². The highest BCUT2D eigenvalue weighted by atomic mass is 16.5. The summed E-state index contributed by atoms with van der Waals surface area (Å²) in [7, 11) is 0. The molecular weight excluding hydrogens is 140 g/mol. The van der Waals surface area contributed by atoms with Crippen LogP contribution in [-0.2, 0) is 9.47 Å². The molecule has 0 aliphatic carbocycles. The van der Waals surface area contributed by atoms with Gasteiger partial charge in [0.1, 0.15) is 0 Å². The zero-order chi connectivity index (χ0) is 7.94. The molecular formula is C9H18O2.